The molecule has 2 aromatic rings. The molecular weight excluding hydrogens is 340 g/mol. The van der Waals surface area contributed by atoms with Crippen LogP contribution in [0.3, 0.4) is 0 Å². The number of para-hydroxylation sites is 3. The average molecular weight is 368 g/mol. The fraction of sp³-hybridized carbons (Fsp3) is 0.409. The van der Waals surface area contributed by atoms with Gasteiger partial charge in [-0.1, -0.05) is 37.3 Å². The largest absolute Gasteiger partial charge is 0.495 e. The molecule has 1 saturated heterocycles. The van der Waals surface area contributed by atoms with Crippen molar-refractivity contribution in [2.75, 3.05) is 38.2 Å². The molecular formula is C22H28N2O3. The highest BCUT2D eigenvalue weighted by atomic mass is 16.5. The summed E-state index contributed by atoms with van der Waals surface area (Å²) in [5.41, 5.74) is 2.13. The van der Waals surface area contributed by atoms with Crippen molar-refractivity contribution in [2.24, 2.45) is 0 Å². The molecule has 0 aromatic heterocycles. The quantitative estimate of drug-likeness (QED) is 0.783. The maximum atomic E-state index is 13.0. The van der Waals surface area contributed by atoms with Crippen molar-refractivity contribution < 1.29 is 14.3 Å². The average Bonchev–Trinajstić information content (AvgIpc) is 2.73. The standard InChI is InChI=1S/C22H28N2O3/c1-4-19(27-20-11-7-5-9-17(20)2)22(25)24-15-13-23(14-16-24)18-10-6-8-12-21(18)26-3/h5-12,19H,4,13-16H2,1-3H3. The Kier molecular flexibility index (Phi) is 6.22. The lowest BCUT2D eigenvalue weighted by Crippen LogP contribution is -2.52. The molecule has 27 heavy (non-hydrogen) atoms. The molecule has 5 nitrogen and oxygen atoms in total. The normalized spacial score (nSPS) is 15.4. The van der Waals surface area contributed by atoms with Crippen LogP contribution < -0.4 is 14.4 Å². The second-order valence-electron chi connectivity index (χ2n) is 6.76. The van der Waals surface area contributed by atoms with Crippen LogP contribution in [0.4, 0.5) is 5.69 Å². The van der Waals surface area contributed by atoms with Crippen LogP contribution >= 0.6 is 0 Å². The predicted molar refractivity (Wildman–Crippen MR) is 108 cm³/mol. The maximum absolute atomic E-state index is 13.0. The Labute approximate surface area is 161 Å². The first-order chi connectivity index (χ1) is 13.1. The summed E-state index contributed by atoms with van der Waals surface area (Å²) in [7, 11) is 1.69. The molecule has 0 aliphatic carbocycles. The number of aryl methyl sites for hydroxylation is 1. The Morgan fingerprint density at radius 1 is 1.00 bits per heavy atom. The summed E-state index contributed by atoms with van der Waals surface area (Å²) in [6.07, 6.45) is 0.212. The zero-order valence-corrected chi connectivity index (χ0v) is 16.4. The van der Waals surface area contributed by atoms with E-state index in [1.807, 2.05) is 61.2 Å². The number of amides is 1. The van der Waals surface area contributed by atoms with Gasteiger partial charge in [-0.2, -0.15) is 0 Å². The summed E-state index contributed by atoms with van der Waals surface area (Å²) >= 11 is 0. The minimum atomic E-state index is -0.441. The Balaban J connectivity index is 1.62. The number of carbonyl (C=O) groups excluding carboxylic acids is 1. The number of rotatable bonds is 6. The summed E-state index contributed by atoms with van der Waals surface area (Å²) in [5, 5.41) is 0. The molecule has 3 rings (SSSR count). The zero-order chi connectivity index (χ0) is 19.2. The van der Waals surface area contributed by atoms with Crippen molar-refractivity contribution in [2.45, 2.75) is 26.4 Å². The van der Waals surface area contributed by atoms with E-state index in [1.165, 1.54) is 0 Å². The van der Waals surface area contributed by atoms with Gasteiger partial charge in [0.25, 0.3) is 5.91 Å². The molecule has 5 heteroatoms. The summed E-state index contributed by atoms with van der Waals surface area (Å²) in [4.78, 5) is 17.2. The van der Waals surface area contributed by atoms with Crippen molar-refractivity contribution in [3.8, 4) is 11.5 Å². The molecule has 1 unspecified atom stereocenters. The van der Waals surface area contributed by atoms with Gasteiger partial charge in [-0.15, -0.1) is 0 Å². The van der Waals surface area contributed by atoms with Crippen molar-refractivity contribution in [1.82, 2.24) is 4.90 Å². The molecule has 0 radical (unpaired) electrons. The lowest BCUT2D eigenvalue weighted by molar-refractivity contribution is -0.139. The molecule has 1 aliphatic rings. The Hall–Kier alpha value is -2.69. The first-order valence-corrected chi connectivity index (χ1v) is 9.53. The van der Waals surface area contributed by atoms with Gasteiger partial charge in [0.2, 0.25) is 0 Å². The van der Waals surface area contributed by atoms with Crippen molar-refractivity contribution in [3.05, 3.63) is 54.1 Å². The predicted octanol–water partition coefficient (Wildman–Crippen LogP) is 3.51. The minimum Gasteiger partial charge on any atom is -0.495 e. The Morgan fingerprint density at radius 3 is 2.26 bits per heavy atom. The fourth-order valence-corrected chi connectivity index (χ4v) is 3.41. The number of anilines is 1. The van der Waals surface area contributed by atoms with Crippen LogP contribution in [-0.2, 0) is 4.79 Å². The smallest absolute Gasteiger partial charge is 0.263 e. The zero-order valence-electron chi connectivity index (χ0n) is 16.4. The van der Waals surface area contributed by atoms with Crippen molar-refractivity contribution >= 4 is 11.6 Å². The molecule has 0 saturated carbocycles. The molecule has 1 atom stereocenters. The second-order valence-corrected chi connectivity index (χ2v) is 6.76. The van der Waals surface area contributed by atoms with E-state index in [0.29, 0.717) is 19.5 Å². The number of carbonyl (C=O) groups is 1. The van der Waals surface area contributed by atoms with Gasteiger partial charge in [-0.05, 0) is 37.1 Å². The number of hydrogen-bond acceptors (Lipinski definition) is 4. The minimum absolute atomic E-state index is 0.0698. The van der Waals surface area contributed by atoms with Gasteiger partial charge >= 0.3 is 0 Å². The third kappa shape index (κ3) is 4.35. The van der Waals surface area contributed by atoms with E-state index in [4.69, 9.17) is 9.47 Å². The van der Waals surface area contributed by atoms with E-state index in [0.717, 1.165) is 35.8 Å². The highest BCUT2D eigenvalue weighted by molar-refractivity contribution is 5.81. The van der Waals surface area contributed by atoms with Crippen LogP contribution in [0.2, 0.25) is 0 Å². The van der Waals surface area contributed by atoms with E-state index in [2.05, 4.69) is 11.0 Å². The van der Waals surface area contributed by atoms with Gasteiger partial charge in [-0.25, -0.2) is 0 Å². The number of ether oxygens (including phenoxy) is 2. The van der Waals surface area contributed by atoms with Gasteiger partial charge in [0.15, 0.2) is 6.10 Å². The van der Waals surface area contributed by atoms with E-state index in [-0.39, 0.29) is 5.91 Å². The number of methoxy groups -OCH3 is 1. The Morgan fingerprint density at radius 2 is 1.63 bits per heavy atom. The second kappa shape index (κ2) is 8.80. The summed E-state index contributed by atoms with van der Waals surface area (Å²) in [6, 6.07) is 15.8. The van der Waals surface area contributed by atoms with Crippen molar-refractivity contribution in [3.63, 3.8) is 0 Å². The third-order valence-electron chi connectivity index (χ3n) is 5.03. The molecule has 0 spiro atoms. The first kappa shape index (κ1) is 19.1. The van der Waals surface area contributed by atoms with Gasteiger partial charge in [0.05, 0.1) is 12.8 Å². The monoisotopic (exact) mass is 368 g/mol. The van der Waals surface area contributed by atoms with Gasteiger partial charge in [-0.3, -0.25) is 4.79 Å². The van der Waals surface area contributed by atoms with Crippen LogP contribution in [0.15, 0.2) is 48.5 Å². The summed E-state index contributed by atoms with van der Waals surface area (Å²) in [5.74, 6) is 1.72. The molecule has 144 valence electrons. The molecule has 2 aromatic carbocycles. The van der Waals surface area contributed by atoms with Gasteiger partial charge in [0, 0.05) is 26.2 Å². The number of hydrogen-bond donors (Lipinski definition) is 0. The molecule has 1 fully saturated rings. The summed E-state index contributed by atoms with van der Waals surface area (Å²) < 4.78 is 11.5. The van der Waals surface area contributed by atoms with E-state index >= 15 is 0 Å². The SMILES string of the molecule is CCC(Oc1ccccc1C)C(=O)N1CCN(c2ccccc2OC)CC1. The highest BCUT2D eigenvalue weighted by Gasteiger charge is 2.28. The van der Waals surface area contributed by atoms with Gasteiger partial charge in [0.1, 0.15) is 11.5 Å². The lowest BCUT2D eigenvalue weighted by Gasteiger charge is -2.37. The van der Waals surface area contributed by atoms with E-state index in [9.17, 15) is 4.79 Å². The maximum Gasteiger partial charge on any atom is 0.263 e. The number of piperazine rings is 1. The molecule has 1 aliphatic heterocycles. The van der Waals surface area contributed by atoms with Gasteiger partial charge < -0.3 is 19.3 Å². The third-order valence-corrected chi connectivity index (χ3v) is 5.03. The topological polar surface area (TPSA) is 42.0 Å². The highest BCUT2D eigenvalue weighted by Crippen LogP contribution is 2.28. The molecule has 0 N–H and O–H groups in total. The van der Waals surface area contributed by atoms with Crippen LogP contribution in [-0.4, -0.2) is 50.2 Å². The molecule has 1 amide bonds. The van der Waals surface area contributed by atoms with Crippen LogP contribution in [0.1, 0.15) is 18.9 Å². The lowest BCUT2D eigenvalue weighted by atomic mass is 10.1. The van der Waals surface area contributed by atoms with Crippen molar-refractivity contribution in [1.29, 1.82) is 0 Å². The first-order valence-electron chi connectivity index (χ1n) is 9.53. The van der Waals surface area contributed by atoms with E-state index < -0.39 is 6.10 Å². The van der Waals surface area contributed by atoms with Crippen LogP contribution in [0, 0.1) is 6.92 Å². The van der Waals surface area contributed by atoms with Crippen LogP contribution in [0.5, 0.6) is 11.5 Å². The molecule has 0 bridgehead atoms. The number of nitrogens with zero attached hydrogens (tertiary/aromatic N) is 2. The molecule has 1 heterocycles. The van der Waals surface area contributed by atoms with Crippen LogP contribution in [0.25, 0.3) is 0 Å². The fourth-order valence-electron chi connectivity index (χ4n) is 3.41. The van der Waals surface area contributed by atoms with E-state index in [1.54, 1.807) is 7.11 Å². The summed E-state index contributed by atoms with van der Waals surface area (Å²) in [6.45, 7) is 6.93. The number of benzene rings is 2. The Bertz CT molecular complexity index is 770.